The standard InChI is InChI=1S/C12H21N3O2/c1-5-13-12(4,11(16)17-6-2)9-15-10(3)7-8-14-15/h7-8,13H,5-6,9H2,1-4H3. The van der Waals surface area contributed by atoms with Crippen LogP contribution in [-0.4, -0.2) is 34.4 Å². The first-order chi connectivity index (χ1) is 8.03. The van der Waals surface area contributed by atoms with Crippen molar-refractivity contribution in [3.05, 3.63) is 18.0 Å². The summed E-state index contributed by atoms with van der Waals surface area (Å²) in [4.78, 5) is 12.0. The number of esters is 1. The third-order valence-corrected chi connectivity index (χ3v) is 2.69. The summed E-state index contributed by atoms with van der Waals surface area (Å²) in [6, 6.07) is 1.91. The first-order valence-corrected chi connectivity index (χ1v) is 5.94. The lowest BCUT2D eigenvalue weighted by atomic mass is 10.0. The number of rotatable bonds is 6. The molecule has 5 nitrogen and oxygen atoms in total. The largest absolute Gasteiger partial charge is 0.465 e. The number of carbonyl (C=O) groups is 1. The Balaban J connectivity index is 2.84. The number of nitrogens with one attached hydrogen (secondary N) is 1. The van der Waals surface area contributed by atoms with Gasteiger partial charge in [-0.25, -0.2) is 4.79 Å². The number of nitrogens with zero attached hydrogens (tertiary/aromatic N) is 2. The second kappa shape index (κ2) is 5.82. The smallest absolute Gasteiger partial charge is 0.327 e. The van der Waals surface area contributed by atoms with E-state index in [0.29, 0.717) is 19.7 Å². The van der Waals surface area contributed by atoms with Crippen molar-refractivity contribution in [2.24, 2.45) is 0 Å². The molecule has 1 aromatic heterocycles. The molecule has 0 aliphatic heterocycles. The fraction of sp³-hybridized carbons (Fsp3) is 0.667. The van der Waals surface area contributed by atoms with Crippen molar-refractivity contribution in [3.8, 4) is 0 Å². The lowest BCUT2D eigenvalue weighted by molar-refractivity contribution is -0.151. The summed E-state index contributed by atoms with van der Waals surface area (Å²) in [7, 11) is 0. The molecule has 96 valence electrons. The average molecular weight is 239 g/mol. The molecule has 0 aliphatic rings. The van der Waals surface area contributed by atoms with Gasteiger partial charge in [-0.3, -0.25) is 4.68 Å². The number of likely N-dealkylation sites (N-methyl/N-ethyl adjacent to an activating group) is 1. The highest BCUT2D eigenvalue weighted by Gasteiger charge is 2.34. The Labute approximate surface area is 102 Å². The van der Waals surface area contributed by atoms with Crippen LogP contribution in [0.3, 0.4) is 0 Å². The maximum absolute atomic E-state index is 12.0. The fourth-order valence-electron chi connectivity index (χ4n) is 1.74. The van der Waals surface area contributed by atoms with Crippen LogP contribution in [0.4, 0.5) is 0 Å². The van der Waals surface area contributed by atoms with Gasteiger partial charge in [0.05, 0.1) is 13.2 Å². The fourth-order valence-corrected chi connectivity index (χ4v) is 1.74. The molecule has 0 aromatic carbocycles. The molecule has 0 radical (unpaired) electrons. The van der Waals surface area contributed by atoms with Crippen molar-refractivity contribution in [1.29, 1.82) is 0 Å². The van der Waals surface area contributed by atoms with Crippen molar-refractivity contribution >= 4 is 5.97 Å². The van der Waals surface area contributed by atoms with Crippen LogP contribution >= 0.6 is 0 Å². The van der Waals surface area contributed by atoms with Gasteiger partial charge in [0.1, 0.15) is 5.54 Å². The third-order valence-electron chi connectivity index (χ3n) is 2.69. The molecule has 1 aromatic rings. The minimum absolute atomic E-state index is 0.239. The lowest BCUT2D eigenvalue weighted by Gasteiger charge is -2.28. The zero-order valence-electron chi connectivity index (χ0n) is 11.0. The molecule has 0 amide bonds. The highest BCUT2D eigenvalue weighted by atomic mass is 16.5. The number of carbonyl (C=O) groups excluding carboxylic acids is 1. The molecule has 5 heteroatoms. The number of aromatic nitrogens is 2. The highest BCUT2D eigenvalue weighted by Crippen LogP contribution is 2.11. The van der Waals surface area contributed by atoms with E-state index in [2.05, 4.69) is 10.4 Å². The number of aryl methyl sites for hydroxylation is 1. The summed E-state index contributed by atoms with van der Waals surface area (Å²) < 4.78 is 6.91. The molecule has 1 unspecified atom stereocenters. The summed E-state index contributed by atoms with van der Waals surface area (Å²) in [5.74, 6) is -0.239. The minimum atomic E-state index is -0.735. The highest BCUT2D eigenvalue weighted by molar-refractivity contribution is 5.80. The van der Waals surface area contributed by atoms with Gasteiger partial charge in [-0.15, -0.1) is 0 Å². The quantitative estimate of drug-likeness (QED) is 0.756. The SMILES string of the molecule is CCNC(C)(Cn1nccc1C)C(=O)OCC. The Morgan fingerprint density at radius 2 is 2.29 bits per heavy atom. The number of hydrogen-bond donors (Lipinski definition) is 1. The summed E-state index contributed by atoms with van der Waals surface area (Å²) in [5.41, 5.74) is 0.292. The zero-order valence-corrected chi connectivity index (χ0v) is 11.0. The van der Waals surface area contributed by atoms with E-state index in [9.17, 15) is 4.79 Å². The van der Waals surface area contributed by atoms with Crippen LogP contribution in [0.1, 0.15) is 26.5 Å². The monoisotopic (exact) mass is 239 g/mol. The molecule has 1 rings (SSSR count). The third kappa shape index (κ3) is 3.30. The molecular weight excluding hydrogens is 218 g/mol. The maximum atomic E-state index is 12.0. The molecule has 17 heavy (non-hydrogen) atoms. The number of hydrogen-bond acceptors (Lipinski definition) is 4. The van der Waals surface area contributed by atoms with Crippen molar-refractivity contribution in [1.82, 2.24) is 15.1 Å². The van der Waals surface area contributed by atoms with Gasteiger partial charge in [0.15, 0.2) is 0 Å². The second-order valence-corrected chi connectivity index (χ2v) is 4.21. The van der Waals surface area contributed by atoms with E-state index < -0.39 is 5.54 Å². The Bertz CT molecular complexity index is 376. The maximum Gasteiger partial charge on any atom is 0.327 e. The van der Waals surface area contributed by atoms with E-state index in [1.165, 1.54) is 0 Å². The molecule has 1 heterocycles. The molecular formula is C12H21N3O2. The van der Waals surface area contributed by atoms with Crippen molar-refractivity contribution in [3.63, 3.8) is 0 Å². The van der Waals surface area contributed by atoms with E-state index in [1.807, 2.05) is 33.8 Å². The average Bonchev–Trinajstić information content (AvgIpc) is 2.65. The minimum Gasteiger partial charge on any atom is -0.465 e. The van der Waals surface area contributed by atoms with Crippen LogP contribution in [0.25, 0.3) is 0 Å². The van der Waals surface area contributed by atoms with Gasteiger partial charge in [-0.1, -0.05) is 6.92 Å². The van der Waals surface area contributed by atoms with Gasteiger partial charge < -0.3 is 10.1 Å². The van der Waals surface area contributed by atoms with Crippen molar-refractivity contribution < 1.29 is 9.53 Å². The molecule has 0 aliphatic carbocycles. The summed E-state index contributed by atoms with van der Waals surface area (Å²) in [5, 5.41) is 7.37. The van der Waals surface area contributed by atoms with Crippen molar-refractivity contribution in [2.75, 3.05) is 13.2 Å². The predicted octanol–water partition coefficient (Wildman–Crippen LogP) is 1.12. The Kier molecular flexibility index (Phi) is 4.69. The topological polar surface area (TPSA) is 56.2 Å². The number of ether oxygens (including phenoxy) is 1. The van der Waals surface area contributed by atoms with Gasteiger partial charge >= 0.3 is 5.97 Å². The Morgan fingerprint density at radius 3 is 2.76 bits per heavy atom. The Morgan fingerprint density at radius 1 is 1.59 bits per heavy atom. The molecule has 1 atom stereocenters. The Hall–Kier alpha value is -1.36. The van der Waals surface area contributed by atoms with E-state index in [1.54, 1.807) is 10.9 Å². The van der Waals surface area contributed by atoms with Gasteiger partial charge in [0.25, 0.3) is 0 Å². The summed E-state index contributed by atoms with van der Waals surface area (Å²) in [6.07, 6.45) is 1.73. The molecule has 0 fully saturated rings. The van der Waals surface area contributed by atoms with Crippen LogP contribution in [0.2, 0.25) is 0 Å². The van der Waals surface area contributed by atoms with E-state index >= 15 is 0 Å². The van der Waals surface area contributed by atoms with Gasteiger partial charge in [0, 0.05) is 11.9 Å². The van der Waals surface area contributed by atoms with Crippen LogP contribution in [0.15, 0.2) is 12.3 Å². The van der Waals surface area contributed by atoms with Gasteiger partial charge in [-0.05, 0) is 33.4 Å². The van der Waals surface area contributed by atoms with Gasteiger partial charge in [0.2, 0.25) is 0 Å². The molecule has 0 bridgehead atoms. The summed E-state index contributed by atoms with van der Waals surface area (Å²) in [6.45, 7) is 9.14. The molecule has 1 N–H and O–H groups in total. The van der Waals surface area contributed by atoms with Crippen LogP contribution < -0.4 is 5.32 Å². The van der Waals surface area contributed by atoms with Crippen LogP contribution in [0, 0.1) is 6.92 Å². The first kappa shape index (κ1) is 13.7. The second-order valence-electron chi connectivity index (χ2n) is 4.21. The first-order valence-electron chi connectivity index (χ1n) is 5.94. The van der Waals surface area contributed by atoms with E-state index in [4.69, 9.17) is 4.74 Å². The molecule has 0 spiro atoms. The predicted molar refractivity (Wildman–Crippen MR) is 65.7 cm³/mol. The van der Waals surface area contributed by atoms with Crippen LogP contribution in [-0.2, 0) is 16.1 Å². The normalized spacial score (nSPS) is 14.4. The lowest BCUT2D eigenvalue weighted by Crippen LogP contribution is -2.53. The molecule has 0 saturated heterocycles. The van der Waals surface area contributed by atoms with Crippen LogP contribution in [0.5, 0.6) is 0 Å². The molecule has 0 saturated carbocycles. The van der Waals surface area contributed by atoms with Gasteiger partial charge in [-0.2, -0.15) is 5.10 Å². The summed E-state index contributed by atoms with van der Waals surface area (Å²) >= 11 is 0. The van der Waals surface area contributed by atoms with E-state index in [-0.39, 0.29) is 5.97 Å². The zero-order chi connectivity index (χ0) is 12.9. The van der Waals surface area contributed by atoms with Crippen molar-refractivity contribution in [2.45, 2.75) is 39.8 Å². The van der Waals surface area contributed by atoms with E-state index in [0.717, 1.165) is 5.69 Å².